The molecule has 0 aliphatic rings. The zero-order valence-corrected chi connectivity index (χ0v) is 47.7. The third-order valence-corrected chi connectivity index (χ3v) is 13.4. The molecule has 0 aliphatic carbocycles. The van der Waals surface area contributed by atoms with Gasteiger partial charge in [0.25, 0.3) is 0 Å². The standard InChI is InChI=1S/C66H116O6/c1-4-7-10-13-16-19-21-23-24-25-26-27-28-29-30-31-32-33-34-35-36-37-38-39-40-41-42-44-45-47-50-53-56-59-65(68)71-62-63(61-70-64(67)58-55-52-49-18-15-12-9-6-3)72-66(69)60-57-54-51-48-46-43-22-20-17-14-11-8-5-2/h8,11,17,20-21,23,25-26,28-29,43,46,63H,4-7,9-10,12-16,18-19,22,24,27,30-42,44-45,47-62H2,1-3H3/b11-8-,20-17-,23-21-,26-25-,29-28-,46-43-. The van der Waals surface area contributed by atoms with Crippen molar-refractivity contribution in [1.82, 2.24) is 0 Å². The summed E-state index contributed by atoms with van der Waals surface area (Å²) in [6.07, 6.45) is 78.0. The molecule has 72 heavy (non-hydrogen) atoms. The van der Waals surface area contributed by atoms with E-state index in [4.69, 9.17) is 14.2 Å². The van der Waals surface area contributed by atoms with Crippen LogP contribution in [0.25, 0.3) is 0 Å². The number of rotatable bonds is 56. The molecule has 0 fully saturated rings. The second-order valence-corrected chi connectivity index (χ2v) is 20.6. The highest BCUT2D eigenvalue weighted by Gasteiger charge is 2.19. The fraction of sp³-hybridized carbons (Fsp3) is 0.773. The molecule has 0 saturated carbocycles. The van der Waals surface area contributed by atoms with Crippen molar-refractivity contribution in [3.05, 3.63) is 72.9 Å². The summed E-state index contributed by atoms with van der Waals surface area (Å²) in [5.41, 5.74) is 0. The van der Waals surface area contributed by atoms with Crippen LogP contribution < -0.4 is 0 Å². The molecule has 0 heterocycles. The van der Waals surface area contributed by atoms with Gasteiger partial charge in [-0.15, -0.1) is 0 Å². The minimum Gasteiger partial charge on any atom is -0.462 e. The summed E-state index contributed by atoms with van der Waals surface area (Å²) >= 11 is 0. The van der Waals surface area contributed by atoms with Gasteiger partial charge in [-0.3, -0.25) is 14.4 Å². The van der Waals surface area contributed by atoms with Crippen molar-refractivity contribution in [2.24, 2.45) is 0 Å². The Balaban J connectivity index is 4.01. The highest BCUT2D eigenvalue weighted by Crippen LogP contribution is 2.17. The molecule has 1 atom stereocenters. The van der Waals surface area contributed by atoms with Crippen molar-refractivity contribution < 1.29 is 28.6 Å². The first-order valence-electron chi connectivity index (χ1n) is 30.9. The van der Waals surface area contributed by atoms with Crippen LogP contribution in [-0.4, -0.2) is 37.2 Å². The number of unbranched alkanes of at least 4 members (excludes halogenated alkanes) is 33. The SMILES string of the molecule is CC/C=C\C/C=C\C/C=C\CCCCCC(=O)OC(COC(=O)CCCCCCCCCC)COC(=O)CCCCCCCCCCCCCCCCCCCC/C=C\C/C=C\C/C=C\CCCCCCC. The van der Waals surface area contributed by atoms with Gasteiger partial charge in [0.15, 0.2) is 6.10 Å². The van der Waals surface area contributed by atoms with Crippen LogP contribution in [0.4, 0.5) is 0 Å². The Morgan fingerprint density at radius 3 is 0.861 bits per heavy atom. The molecule has 0 amide bonds. The van der Waals surface area contributed by atoms with E-state index in [1.165, 1.54) is 173 Å². The van der Waals surface area contributed by atoms with Crippen LogP contribution in [0.3, 0.4) is 0 Å². The lowest BCUT2D eigenvalue weighted by atomic mass is 10.0. The Morgan fingerprint density at radius 2 is 0.542 bits per heavy atom. The number of carbonyl (C=O) groups is 3. The summed E-state index contributed by atoms with van der Waals surface area (Å²) in [5.74, 6) is -0.909. The molecule has 6 heteroatoms. The lowest BCUT2D eigenvalue weighted by molar-refractivity contribution is -0.167. The van der Waals surface area contributed by atoms with Crippen molar-refractivity contribution in [3.8, 4) is 0 Å². The van der Waals surface area contributed by atoms with Gasteiger partial charge in [0.2, 0.25) is 0 Å². The van der Waals surface area contributed by atoms with Crippen LogP contribution in [0.15, 0.2) is 72.9 Å². The minimum absolute atomic E-state index is 0.0840. The number of esters is 3. The Hall–Kier alpha value is -3.15. The third-order valence-electron chi connectivity index (χ3n) is 13.4. The van der Waals surface area contributed by atoms with E-state index in [0.717, 1.165) is 96.3 Å². The van der Waals surface area contributed by atoms with Crippen LogP contribution in [0, 0.1) is 0 Å². The van der Waals surface area contributed by atoms with E-state index in [1.54, 1.807) is 0 Å². The molecule has 0 N–H and O–H groups in total. The highest BCUT2D eigenvalue weighted by atomic mass is 16.6. The summed E-state index contributed by atoms with van der Waals surface area (Å²) in [6.45, 7) is 6.48. The largest absolute Gasteiger partial charge is 0.462 e. The first kappa shape index (κ1) is 68.8. The van der Waals surface area contributed by atoms with Gasteiger partial charge in [0.05, 0.1) is 0 Å². The molecule has 416 valence electrons. The molecule has 0 aromatic carbocycles. The smallest absolute Gasteiger partial charge is 0.306 e. The molecule has 0 spiro atoms. The normalized spacial score (nSPS) is 12.5. The molecule has 0 aromatic rings. The van der Waals surface area contributed by atoms with Crippen LogP contribution in [0.5, 0.6) is 0 Å². The summed E-state index contributed by atoms with van der Waals surface area (Å²) < 4.78 is 16.8. The fourth-order valence-electron chi connectivity index (χ4n) is 8.82. The summed E-state index contributed by atoms with van der Waals surface area (Å²) in [6, 6.07) is 0. The number of ether oxygens (including phenoxy) is 3. The van der Waals surface area contributed by atoms with Gasteiger partial charge in [-0.2, -0.15) is 0 Å². The monoisotopic (exact) mass is 1000 g/mol. The van der Waals surface area contributed by atoms with Gasteiger partial charge < -0.3 is 14.2 Å². The number of allylic oxidation sites excluding steroid dienone is 12. The molecular formula is C66H116O6. The van der Waals surface area contributed by atoms with Gasteiger partial charge in [-0.1, -0.05) is 273 Å². The van der Waals surface area contributed by atoms with E-state index < -0.39 is 6.10 Å². The van der Waals surface area contributed by atoms with Crippen molar-refractivity contribution in [3.63, 3.8) is 0 Å². The van der Waals surface area contributed by atoms with Crippen LogP contribution in [0.2, 0.25) is 0 Å². The zero-order chi connectivity index (χ0) is 52.2. The predicted molar refractivity (Wildman–Crippen MR) is 311 cm³/mol. The van der Waals surface area contributed by atoms with E-state index in [2.05, 4.69) is 93.7 Å². The molecule has 0 aromatic heterocycles. The highest BCUT2D eigenvalue weighted by molar-refractivity contribution is 5.71. The molecule has 1 unspecified atom stereocenters. The van der Waals surface area contributed by atoms with Gasteiger partial charge >= 0.3 is 17.9 Å². The summed E-state index contributed by atoms with van der Waals surface area (Å²) in [4.78, 5) is 38.0. The molecule has 0 aliphatic heterocycles. The summed E-state index contributed by atoms with van der Waals surface area (Å²) in [5, 5.41) is 0. The molecule has 0 radical (unpaired) electrons. The van der Waals surface area contributed by atoms with E-state index in [0.29, 0.717) is 19.3 Å². The zero-order valence-electron chi connectivity index (χ0n) is 47.7. The molecular weight excluding hydrogens is 889 g/mol. The molecule has 0 rings (SSSR count). The topological polar surface area (TPSA) is 78.9 Å². The average Bonchev–Trinajstić information content (AvgIpc) is 3.38. The Labute approximate surface area is 446 Å². The lowest BCUT2D eigenvalue weighted by Crippen LogP contribution is -2.30. The average molecular weight is 1010 g/mol. The Kier molecular flexibility index (Phi) is 57.8. The number of carbonyl (C=O) groups excluding carboxylic acids is 3. The Morgan fingerprint density at radius 1 is 0.292 bits per heavy atom. The van der Waals surface area contributed by atoms with E-state index >= 15 is 0 Å². The number of hydrogen-bond donors (Lipinski definition) is 0. The minimum atomic E-state index is -0.786. The molecule has 0 saturated heterocycles. The van der Waals surface area contributed by atoms with Crippen LogP contribution >= 0.6 is 0 Å². The first-order chi connectivity index (χ1) is 35.5. The van der Waals surface area contributed by atoms with Crippen LogP contribution in [-0.2, 0) is 28.6 Å². The lowest BCUT2D eigenvalue weighted by Gasteiger charge is -2.18. The van der Waals surface area contributed by atoms with Crippen molar-refractivity contribution in [1.29, 1.82) is 0 Å². The van der Waals surface area contributed by atoms with Gasteiger partial charge in [0, 0.05) is 19.3 Å². The van der Waals surface area contributed by atoms with Gasteiger partial charge in [-0.25, -0.2) is 0 Å². The Bertz CT molecular complexity index is 1340. The summed E-state index contributed by atoms with van der Waals surface area (Å²) in [7, 11) is 0. The van der Waals surface area contributed by atoms with Crippen molar-refractivity contribution in [2.75, 3.05) is 13.2 Å². The van der Waals surface area contributed by atoms with E-state index in [9.17, 15) is 14.4 Å². The predicted octanol–water partition coefficient (Wildman–Crippen LogP) is 20.9. The second kappa shape index (κ2) is 60.4. The van der Waals surface area contributed by atoms with E-state index in [-0.39, 0.29) is 31.1 Å². The van der Waals surface area contributed by atoms with Crippen molar-refractivity contribution in [2.45, 2.75) is 316 Å². The maximum atomic E-state index is 12.8. The first-order valence-corrected chi connectivity index (χ1v) is 30.9. The quantitative estimate of drug-likeness (QED) is 0.0261. The number of hydrogen-bond acceptors (Lipinski definition) is 6. The molecule has 6 nitrogen and oxygen atoms in total. The van der Waals surface area contributed by atoms with Crippen molar-refractivity contribution >= 4 is 17.9 Å². The maximum absolute atomic E-state index is 12.8. The fourth-order valence-corrected chi connectivity index (χ4v) is 8.82. The van der Waals surface area contributed by atoms with Gasteiger partial charge in [0.1, 0.15) is 13.2 Å². The molecule has 0 bridgehead atoms. The van der Waals surface area contributed by atoms with E-state index in [1.807, 2.05) is 0 Å². The van der Waals surface area contributed by atoms with Gasteiger partial charge in [-0.05, 0) is 89.9 Å². The third kappa shape index (κ3) is 57.7. The second-order valence-electron chi connectivity index (χ2n) is 20.6. The van der Waals surface area contributed by atoms with Crippen LogP contribution in [0.1, 0.15) is 310 Å². The maximum Gasteiger partial charge on any atom is 0.306 e.